The topological polar surface area (TPSA) is 107 Å². The Balaban J connectivity index is 1.39. The molecular formula is C18H22FN7O3. The number of cyclic esters (lactones) is 1. The molecule has 2 aliphatic rings. The molecule has 0 saturated carbocycles. The molecule has 10 nitrogen and oxygen atoms in total. The highest BCUT2D eigenvalue weighted by Crippen LogP contribution is 2.28. The molecule has 11 heteroatoms. The average Bonchev–Trinajstić information content (AvgIpc) is 3.36. The van der Waals surface area contributed by atoms with Crippen LogP contribution < -0.4 is 20.0 Å². The zero-order chi connectivity index (χ0) is 20.4. The number of hydrogen-bond acceptors (Lipinski definition) is 7. The SMILES string of the molecule is CC(=O)NC[C@H]1CN(c2ccc(N3CCN(c4nc[nH]n4)CC3)c(F)c2)C(=O)O1. The molecule has 4 rings (SSSR count). The molecule has 0 aliphatic carbocycles. The van der Waals surface area contributed by atoms with Crippen LogP contribution in [0, 0.1) is 5.82 Å². The molecule has 2 amide bonds. The van der Waals surface area contributed by atoms with Gasteiger partial charge in [0.1, 0.15) is 18.2 Å². The number of H-pyrrole nitrogens is 1. The molecule has 0 unspecified atom stereocenters. The molecule has 0 bridgehead atoms. The third-order valence-corrected chi connectivity index (χ3v) is 5.00. The fourth-order valence-electron chi connectivity index (χ4n) is 3.52. The van der Waals surface area contributed by atoms with Gasteiger partial charge in [0.2, 0.25) is 11.9 Å². The Morgan fingerprint density at radius 1 is 1.31 bits per heavy atom. The number of amides is 2. The van der Waals surface area contributed by atoms with Crippen LogP contribution in [0.25, 0.3) is 0 Å². The highest BCUT2D eigenvalue weighted by Gasteiger charge is 2.33. The second-order valence-corrected chi connectivity index (χ2v) is 6.96. The first kappa shape index (κ1) is 19.0. The summed E-state index contributed by atoms with van der Waals surface area (Å²) in [6.07, 6.45) is 0.523. The molecule has 2 fully saturated rings. The second kappa shape index (κ2) is 7.94. The monoisotopic (exact) mass is 403 g/mol. The minimum Gasteiger partial charge on any atom is -0.442 e. The minimum atomic E-state index is -0.549. The molecule has 3 heterocycles. The lowest BCUT2D eigenvalue weighted by Gasteiger charge is -2.35. The van der Waals surface area contributed by atoms with Gasteiger partial charge in [-0.2, -0.15) is 0 Å². The van der Waals surface area contributed by atoms with Crippen LogP contribution in [-0.4, -0.2) is 72.6 Å². The molecule has 0 spiro atoms. The zero-order valence-electron chi connectivity index (χ0n) is 16.0. The van der Waals surface area contributed by atoms with Crippen molar-refractivity contribution in [3.63, 3.8) is 0 Å². The number of nitrogens with zero attached hydrogens (tertiary/aromatic N) is 5. The standard InChI is InChI=1S/C18H22FN7O3/c1-12(27)20-9-14-10-26(18(28)29-14)13-2-3-16(15(19)8-13)24-4-6-25(7-5-24)17-21-11-22-23-17/h2-3,8,11,14H,4-7,9-10H2,1H3,(H,20,27)(H,21,22,23)/t14-/m0/s1. The maximum Gasteiger partial charge on any atom is 0.414 e. The normalized spacial score (nSPS) is 19.4. The predicted molar refractivity (Wildman–Crippen MR) is 104 cm³/mol. The van der Waals surface area contributed by atoms with Gasteiger partial charge in [-0.3, -0.25) is 14.8 Å². The van der Waals surface area contributed by atoms with E-state index in [4.69, 9.17) is 4.74 Å². The number of aromatic nitrogens is 3. The third-order valence-electron chi connectivity index (χ3n) is 5.00. The fraction of sp³-hybridized carbons (Fsp3) is 0.444. The fourth-order valence-corrected chi connectivity index (χ4v) is 3.52. The predicted octanol–water partition coefficient (Wildman–Crippen LogP) is 0.732. The molecule has 1 aromatic heterocycles. The quantitative estimate of drug-likeness (QED) is 0.758. The molecule has 2 N–H and O–H groups in total. The summed E-state index contributed by atoms with van der Waals surface area (Å²) in [7, 11) is 0. The van der Waals surface area contributed by atoms with Crippen molar-refractivity contribution in [2.75, 3.05) is 54.0 Å². The lowest BCUT2D eigenvalue weighted by atomic mass is 10.2. The maximum absolute atomic E-state index is 14.8. The minimum absolute atomic E-state index is 0.196. The van der Waals surface area contributed by atoms with Gasteiger partial charge in [0.05, 0.1) is 24.5 Å². The lowest BCUT2D eigenvalue weighted by Crippen LogP contribution is -2.47. The average molecular weight is 403 g/mol. The Bertz CT molecular complexity index is 884. The molecule has 29 heavy (non-hydrogen) atoms. The van der Waals surface area contributed by atoms with E-state index in [1.807, 2.05) is 9.80 Å². The smallest absolute Gasteiger partial charge is 0.414 e. The highest BCUT2D eigenvalue weighted by atomic mass is 19.1. The molecular weight excluding hydrogens is 381 g/mol. The first-order valence-electron chi connectivity index (χ1n) is 9.39. The number of carbonyl (C=O) groups is 2. The van der Waals surface area contributed by atoms with E-state index in [0.29, 0.717) is 43.5 Å². The number of carbonyl (C=O) groups excluding carboxylic acids is 2. The summed E-state index contributed by atoms with van der Waals surface area (Å²) < 4.78 is 20.0. The van der Waals surface area contributed by atoms with Gasteiger partial charge >= 0.3 is 6.09 Å². The Labute approximate surface area is 166 Å². The van der Waals surface area contributed by atoms with Gasteiger partial charge in [0.15, 0.2) is 0 Å². The van der Waals surface area contributed by atoms with Crippen LogP contribution in [0.1, 0.15) is 6.92 Å². The van der Waals surface area contributed by atoms with Crippen LogP contribution in [0.5, 0.6) is 0 Å². The Morgan fingerprint density at radius 2 is 2.07 bits per heavy atom. The maximum atomic E-state index is 14.8. The van der Waals surface area contributed by atoms with E-state index in [1.54, 1.807) is 12.1 Å². The largest absolute Gasteiger partial charge is 0.442 e. The Kier molecular flexibility index (Phi) is 5.19. The number of piperazine rings is 1. The second-order valence-electron chi connectivity index (χ2n) is 6.96. The first-order valence-corrected chi connectivity index (χ1v) is 9.39. The Morgan fingerprint density at radius 3 is 2.72 bits per heavy atom. The number of aromatic amines is 1. The van der Waals surface area contributed by atoms with Crippen molar-refractivity contribution in [1.29, 1.82) is 0 Å². The number of hydrogen-bond donors (Lipinski definition) is 2. The van der Waals surface area contributed by atoms with Gasteiger partial charge in [0.25, 0.3) is 0 Å². The number of anilines is 3. The van der Waals surface area contributed by atoms with E-state index in [2.05, 4.69) is 20.5 Å². The summed E-state index contributed by atoms with van der Waals surface area (Å²) in [5.74, 6) is 0.0480. The molecule has 154 valence electrons. The summed E-state index contributed by atoms with van der Waals surface area (Å²) >= 11 is 0. The van der Waals surface area contributed by atoms with Crippen molar-refractivity contribution in [2.24, 2.45) is 0 Å². The number of rotatable bonds is 5. The van der Waals surface area contributed by atoms with Crippen molar-refractivity contribution >= 4 is 29.3 Å². The molecule has 2 aromatic rings. The van der Waals surface area contributed by atoms with Crippen LogP contribution in [0.4, 0.5) is 26.5 Å². The molecule has 2 aliphatic heterocycles. The van der Waals surface area contributed by atoms with Crippen LogP contribution in [0.3, 0.4) is 0 Å². The summed E-state index contributed by atoms with van der Waals surface area (Å²) in [6, 6.07) is 4.74. The zero-order valence-corrected chi connectivity index (χ0v) is 16.0. The summed E-state index contributed by atoms with van der Waals surface area (Å²) in [5.41, 5.74) is 0.923. The molecule has 0 radical (unpaired) electrons. The number of halogens is 1. The van der Waals surface area contributed by atoms with E-state index in [1.165, 1.54) is 24.2 Å². The van der Waals surface area contributed by atoms with Crippen molar-refractivity contribution in [1.82, 2.24) is 20.5 Å². The molecule has 1 atom stereocenters. The van der Waals surface area contributed by atoms with Gasteiger partial charge in [-0.1, -0.05) is 0 Å². The van der Waals surface area contributed by atoms with Crippen LogP contribution in [-0.2, 0) is 9.53 Å². The van der Waals surface area contributed by atoms with E-state index < -0.39 is 18.0 Å². The van der Waals surface area contributed by atoms with Crippen molar-refractivity contribution in [3.8, 4) is 0 Å². The van der Waals surface area contributed by atoms with Crippen molar-refractivity contribution in [2.45, 2.75) is 13.0 Å². The van der Waals surface area contributed by atoms with Crippen molar-refractivity contribution in [3.05, 3.63) is 30.3 Å². The summed E-state index contributed by atoms with van der Waals surface area (Å²) in [5, 5.41) is 9.38. The number of nitrogens with one attached hydrogen (secondary N) is 2. The number of benzene rings is 1. The summed E-state index contributed by atoms with van der Waals surface area (Å²) in [4.78, 5) is 32.7. The van der Waals surface area contributed by atoms with Crippen LogP contribution in [0.15, 0.2) is 24.5 Å². The van der Waals surface area contributed by atoms with Gasteiger partial charge in [-0.25, -0.2) is 14.2 Å². The van der Waals surface area contributed by atoms with Crippen LogP contribution >= 0.6 is 0 Å². The van der Waals surface area contributed by atoms with Crippen molar-refractivity contribution < 1.29 is 18.7 Å². The number of ether oxygens (including phenoxy) is 1. The first-order chi connectivity index (χ1) is 14.0. The van der Waals surface area contributed by atoms with E-state index >= 15 is 0 Å². The van der Waals surface area contributed by atoms with Gasteiger partial charge in [-0.05, 0) is 18.2 Å². The van der Waals surface area contributed by atoms with Crippen LogP contribution in [0.2, 0.25) is 0 Å². The van der Waals surface area contributed by atoms with E-state index in [0.717, 1.165) is 0 Å². The lowest BCUT2D eigenvalue weighted by molar-refractivity contribution is -0.119. The van der Waals surface area contributed by atoms with E-state index in [9.17, 15) is 14.0 Å². The summed E-state index contributed by atoms with van der Waals surface area (Å²) in [6.45, 7) is 4.52. The third kappa shape index (κ3) is 4.08. The Hall–Kier alpha value is -3.37. The van der Waals surface area contributed by atoms with Gasteiger partial charge < -0.3 is 19.9 Å². The van der Waals surface area contributed by atoms with E-state index in [-0.39, 0.29) is 19.0 Å². The molecule has 1 aromatic carbocycles. The van der Waals surface area contributed by atoms with Gasteiger partial charge in [-0.15, -0.1) is 5.10 Å². The highest BCUT2D eigenvalue weighted by molar-refractivity contribution is 5.90. The van der Waals surface area contributed by atoms with Gasteiger partial charge in [0, 0.05) is 33.1 Å². The molecule has 2 saturated heterocycles.